The van der Waals surface area contributed by atoms with Gasteiger partial charge in [-0.3, -0.25) is 4.79 Å². The third-order valence-corrected chi connectivity index (χ3v) is 6.61. The van der Waals surface area contributed by atoms with E-state index in [1.54, 1.807) is 24.3 Å². The molecule has 0 unspecified atom stereocenters. The van der Waals surface area contributed by atoms with Crippen LogP contribution in [0.2, 0.25) is 0 Å². The second kappa shape index (κ2) is 8.48. The highest BCUT2D eigenvalue weighted by atomic mass is 19.1. The highest BCUT2D eigenvalue weighted by Crippen LogP contribution is 2.45. The van der Waals surface area contributed by atoms with Gasteiger partial charge in [0, 0.05) is 23.0 Å². The Morgan fingerprint density at radius 1 is 1.03 bits per heavy atom. The largest absolute Gasteiger partial charge is 0.349 e. The molecule has 2 fully saturated rings. The SMILES string of the molecule is C[C@H]1O[C@@H](n2cc(-c3ccc(C=O)cc3)c3c(Nc4ccc(F)cc4)ncnc32)[C@@H]2OC(C)(C)O[C@@H]21. The average molecular weight is 489 g/mol. The monoisotopic (exact) mass is 488 g/mol. The minimum Gasteiger partial charge on any atom is -0.349 e. The zero-order valence-corrected chi connectivity index (χ0v) is 20.0. The van der Waals surface area contributed by atoms with Crippen LogP contribution in [0.1, 0.15) is 37.4 Å². The van der Waals surface area contributed by atoms with Crippen molar-refractivity contribution in [1.29, 1.82) is 0 Å². The standard InChI is InChI=1S/C27H25FN4O4/c1-15-22-23(36-27(2,3)35-22)26(34-15)32-12-20(17-6-4-16(13-33)5-7-17)21-24(29-14-30-25(21)32)31-19-10-8-18(28)9-11-19/h4-15,22-23,26H,1-3H3,(H,29,30,31)/t15-,22-,23-,26-/m1/s1. The predicted octanol–water partition coefficient (Wildman–Crippen LogP) is 5.23. The van der Waals surface area contributed by atoms with Gasteiger partial charge in [-0.25, -0.2) is 14.4 Å². The molecule has 0 amide bonds. The van der Waals surface area contributed by atoms with Crippen molar-refractivity contribution in [3.63, 3.8) is 0 Å². The quantitative estimate of drug-likeness (QED) is 0.385. The van der Waals surface area contributed by atoms with Crippen LogP contribution in [0, 0.1) is 5.82 Å². The van der Waals surface area contributed by atoms with Crippen LogP contribution in [-0.2, 0) is 14.2 Å². The summed E-state index contributed by atoms with van der Waals surface area (Å²) in [5.41, 5.74) is 3.65. The molecule has 36 heavy (non-hydrogen) atoms. The van der Waals surface area contributed by atoms with Gasteiger partial charge in [0.15, 0.2) is 12.0 Å². The molecule has 0 spiro atoms. The van der Waals surface area contributed by atoms with E-state index in [0.717, 1.165) is 22.8 Å². The molecule has 4 atom stereocenters. The number of hydrogen-bond donors (Lipinski definition) is 1. The summed E-state index contributed by atoms with van der Waals surface area (Å²) in [5, 5.41) is 4.06. The predicted molar refractivity (Wildman–Crippen MR) is 131 cm³/mol. The average Bonchev–Trinajstić information content (AvgIpc) is 3.50. The summed E-state index contributed by atoms with van der Waals surface area (Å²) < 4.78 is 34.1. The Balaban J connectivity index is 1.51. The van der Waals surface area contributed by atoms with Gasteiger partial charge in [-0.05, 0) is 50.6 Å². The summed E-state index contributed by atoms with van der Waals surface area (Å²) in [7, 11) is 0. The molecular formula is C27H25FN4O4. The van der Waals surface area contributed by atoms with E-state index in [0.29, 0.717) is 22.7 Å². The summed E-state index contributed by atoms with van der Waals surface area (Å²) in [4.78, 5) is 20.3. The molecular weight excluding hydrogens is 463 g/mol. The first-order valence-electron chi connectivity index (χ1n) is 11.8. The Hall–Kier alpha value is -3.66. The van der Waals surface area contributed by atoms with E-state index < -0.39 is 12.0 Å². The number of hydrogen-bond acceptors (Lipinski definition) is 7. The summed E-state index contributed by atoms with van der Waals surface area (Å²) in [6.07, 6.45) is 3.09. The zero-order valence-electron chi connectivity index (χ0n) is 20.0. The molecule has 2 aromatic heterocycles. The molecule has 2 aliphatic rings. The Labute approximate surface area is 207 Å². The maximum atomic E-state index is 13.5. The van der Waals surface area contributed by atoms with E-state index in [2.05, 4.69) is 15.3 Å². The first-order valence-corrected chi connectivity index (χ1v) is 11.8. The van der Waals surface area contributed by atoms with E-state index in [1.807, 2.05) is 43.7 Å². The molecule has 2 saturated heterocycles. The van der Waals surface area contributed by atoms with Gasteiger partial charge in [-0.2, -0.15) is 0 Å². The van der Waals surface area contributed by atoms with Crippen LogP contribution >= 0.6 is 0 Å². The number of carbonyl (C=O) groups is 1. The molecule has 4 heterocycles. The number of ether oxygens (including phenoxy) is 3. The summed E-state index contributed by atoms with van der Waals surface area (Å²) in [6, 6.07) is 13.4. The Bertz CT molecular complexity index is 1430. The molecule has 0 bridgehead atoms. The third kappa shape index (κ3) is 3.85. The second-order valence-corrected chi connectivity index (χ2v) is 9.54. The molecule has 9 heteroatoms. The lowest BCUT2D eigenvalue weighted by molar-refractivity contribution is -0.194. The molecule has 1 N–H and O–H groups in total. The number of halogens is 1. The van der Waals surface area contributed by atoms with Crippen LogP contribution < -0.4 is 5.32 Å². The molecule has 8 nitrogen and oxygen atoms in total. The normalized spacial score (nSPS) is 24.7. The van der Waals surface area contributed by atoms with Gasteiger partial charge in [-0.1, -0.05) is 24.3 Å². The number of fused-ring (bicyclic) bond motifs is 2. The fraction of sp³-hybridized carbons (Fsp3) is 0.296. The molecule has 0 aliphatic carbocycles. The van der Waals surface area contributed by atoms with Crippen molar-refractivity contribution in [1.82, 2.24) is 14.5 Å². The van der Waals surface area contributed by atoms with Crippen molar-refractivity contribution >= 4 is 28.8 Å². The van der Waals surface area contributed by atoms with Gasteiger partial charge < -0.3 is 24.1 Å². The number of anilines is 2. The summed E-state index contributed by atoms with van der Waals surface area (Å²) in [6.45, 7) is 5.77. The number of benzene rings is 2. The van der Waals surface area contributed by atoms with Gasteiger partial charge in [-0.15, -0.1) is 0 Å². The Kier molecular flexibility index (Phi) is 5.36. The van der Waals surface area contributed by atoms with Gasteiger partial charge in [0.2, 0.25) is 0 Å². The molecule has 2 aliphatic heterocycles. The van der Waals surface area contributed by atoms with Crippen molar-refractivity contribution in [2.45, 2.75) is 51.1 Å². The molecule has 4 aromatic rings. The van der Waals surface area contributed by atoms with Gasteiger partial charge in [0.1, 0.15) is 42.1 Å². The number of aromatic nitrogens is 3. The van der Waals surface area contributed by atoms with Crippen molar-refractivity contribution in [2.24, 2.45) is 0 Å². The Morgan fingerprint density at radius 2 is 1.75 bits per heavy atom. The minimum atomic E-state index is -0.716. The van der Waals surface area contributed by atoms with Crippen molar-refractivity contribution in [3.8, 4) is 11.1 Å². The smallest absolute Gasteiger partial charge is 0.164 e. The van der Waals surface area contributed by atoms with Gasteiger partial charge in [0.05, 0.1) is 11.5 Å². The number of nitrogens with zero attached hydrogens (tertiary/aromatic N) is 3. The number of aldehydes is 1. The summed E-state index contributed by atoms with van der Waals surface area (Å²) in [5.74, 6) is -0.475. The van der Waals surface area contributed by atoms with Crippen molar-refractivity contribution in [3.05, 3.63) is 72.4 Å². The molecule has 0 radical (unpaired) electrons. The Morgan fingerprint density at radius 3 is 2.47 bits per heavy atom. The van der Waals surface area contributed by atoms with Crippen LogP contribution in [0.4, 0.5) is 15.9 Å². The van der Waals surface area contributed by atoms with Gasteiger partial charge >= 0.3 is 0 Å². The van der Waals surface area contributed by atoms with Crippen molar-refractivity contribution in [2.75, 3.05) is 5.32 Å². The van der Waals surface area contributed by atoms with E-state index >= 15 is 0 Å². The van der Waals surface area contributed by atoms with E-state index in [4.69, 9.17) is 14.2 Å². The van der Waals surface area contributed by atoms with Crippen LogP contribution in [-0.4, -0.2) is 44.9 Å². The molecule has 0 saturated carbocycles. The van der Waals surface area contributed by atoms with E-state index in [9.17, 15) is 9.18 Å². The van der Waals surface area contributed by atoms with E-state index in [-0.39, 0.29) is 24.1 Å². The first-order chi connectivity index (χ1) is 17.3. The van der Waals surface area contributed by atoms with Crippen LogP contribution in [0.25, 0.3) is 22.2 Å². The van der Waals surface area contributed by atoms with Crippen LogP contribution in [0.15, 0.2) is 61.1 Å². The van der Waals surface area contributed by atoms with Crippen LogP contribution in [0.3, 0.4) is 0 Å². The van der Waals surface area contributed by atoms with Crippen molar-refractivity contribution < 1.29 is 23.4 Å². The maximum Gasteiger partial charge on any atom is 0.164 e. The number of nitrogens with one attached hydrogen (secondary N) is 1. The number of carbonyl (C=O) groups excluding carboxylic acids is 1. The van der Waals surface area contributed by atoms with Gasteiger partial charge in [0.25, 0.3) is 0 Å². The fourth-order valence-corrected chi connectivity index (χ4v) is 5.00. The van der Waals surface area contributed by atoms with E-state index in [1.165, 1.54) is 18.5 Å². The highest BCUT2D eigenvalue weighted by molar-refractivity contribution is 6.02. The highest BCUT2D eigenvalue weighted by Gasteiger charge is 2.54. The molecule has 184 valence electrons. The summed E-state index contributed by atoms with van der Waals surface area (Å²) >= 11 is 0. The molecule has 2 aromatic carbocycles. The number of rotatable bonds is 5. The topological polar surface area (TPSA) is 87.5 Å². The maximum absolute atomic E-state index is 13.5. The third-order valence-electron chi connectivity index (χ3n) is 6.61. The fourth-order valence-electron chi connectivity index (χ4n) is 5.00. The lowest BCUT2D eigenvalue weighted by Gasteiger charge is -2.24. The first kappa shape index (κ1) is 22.8. The minimum absolute atomic E-state index is 0.173. The van der Waals surface area contributed by atoms with Crippen LogP contribution in [0.5, 0.6) is 0 Å². The lowest BCUT2D eigenvalue weighted by Crippen LogP contribution is -2.27. The molecule has 6 rings (SSSR count). The zero-order chi connectivity index (χ0) is 25.0. The lowest BCUT2D eigenvalue weighted by atomic mass is 10.0. The second-order valence-electron chi connectivity index (χ2n) is 9.54.